The van der Waals surface area contributed by atoms with E-state index in [1.165, 1.54) is 22.9 Å². The van der Waals surface area contributed by atoms with E-state index in [1.807, 2.05) is 49.4 Å². The van der Waals surface area contributed by atoms with Gasteiger partial charge in [0.2, 0.25) is 0 Å². The van der Waals surface area contributed by atoms with Crippen molar-refractivity contribution in [3.8, 4) is 0 Å². The minimum Gasteiger partial charge on any atom is -0.268 e. The number of carbonyl (C=O) groups is 1. The summed E-state index contributed by atoms with van der Waals surface area (Å²) in [5.74, 6) is -0.133. The van der Waals surface area contributed by atoms with Gasteiger partial charge in [-0.25, -0.2) is 4.99 Å². The quantitative estimate of drug-likeness (QED) is 0.355. The van der Waals surface area contributed by atoms with Crippen LogP contribution in [0, 0.1) is 27.7 Å². The summed E-state index contributed by atoms with van der Waals surface area (Å²) in [7, 11) is 0. The summed E-state index contributed by atoms with van der Waals surface area (Å²) in [6.07, 6.45) is 1.79. The number of benzene rings is 3. The Balaban J connectivity index is 1.82. The predicted octanol–water partition coefficient (Wildman–Crippen LogP) is 8.04. The molecule has 1 heterocycles. The smallest absolute Gasteiger partial charge is 0.268 e. The summed E-state index contributed by atoms with van der Waals surface area (Å²) in [5.41, 5.74) is 6.98. The fourth-order valence-electron chi connectivity index (χ4n) is 3.31. The Bertz CT molecular complexity index is 1300. The molecule has 3 aromatic rings. The second kappa shape index (κ2) is 9.14. The molecular weight excluding hydrogens is 459 g/mol. The van der Waals surface area contributed by atoms with E-state index >= 15 is 0 Å². The van der Waals surface area contributed by atoms with E-state index in [1.54, 1.807) is 23.1 Å². The van der Waals surface area contributed by atoms with Crippen LogP contribution in [0.2, 0.25) is 10.0 Å². The van der Waals surface area contributed by atoms with E-state index < -0.39 is 0 Å². The first-order valence-corrected chi connectivity index (χ1v) is 11.7. The summed E-state index contributed by atoms with van der Waals surface area (Å²) in [6.45, 7) is 8.22. The summed E-state index contributed by atoms with van der Waals surface area (Å²) in [4.78, 5) is 20.6. The van der Waals surface area contributed by atoms with Crippen LogP contribution in [0.3, 0.4) is 0 Å². The second-order valence-corrected chi connectivity index (χ2v) is 9.70. The van der Waals surface area contributed by atoms with Crippen LogP contribution in [0.4, 0.5) is 11.4 Å². The minimum absolute atomic E-state index is 0.133. The minimum atomic E-state index is -0.133. The van der Waals surface area contributed by atoms with Gasteiger partial charge in [-0.1, -0.05) is 41.4 Å². The number of amides is 1. The summed E-state index contributed by atoms with van der Waals surface area (Å²) in [5, 5.41) is 1.66. The van der Waals surface area contributed by atoms with Gasteiger partial charge in [0.25, 0.3) is 5.91 Å². The number of aryl methyl sites for hydroxylation is 4. The molecule has 162 valence electrons. The van der Waals surface area contributed by atoms with Gasteiger partial charge >= 0.3 is 0 Å². The third-order valence-electron chi connectivity index (χ3n) is 5.52. The van der Waals surface area contributed by atoms with Gasteiger partial charge in [0.15, 0.2) is 5.17 Å². The Morgan fingerprint density at radius 2 is 1.53 bits per heavy atom. The number of aliphatic imine (C=N–C) groups is 1. The lowest BCUT2D eigenvalue weighted by atomic mass is 10.1. The molecule has 1 amide bonds. The van der Waals surface area contributed by atoms with Crippen molar-refractivity contribution in [1.82, 2.24) is 0 Å². The molecule has 6 heteroatoms. The standard InChI is InChI=1S/C26H22Cl2N2OS/c1-15-5-9-21(11-17(15)3)29-26-30(22-10-6-16(2)18(4)12-22)25(31)24(32-26)13-19-7-8-20(27)14-23(19)28/h5-14H,1-4H3/b24-13-,29-26?. The highest BCUT2D eigenvalue weighted by Gasteiger charge is 2.35. The van der Waals surface area contributed by atoms with E-state index in [-0.39, 0.29) is 5.91 Å². The van der Waals surface area contributed by atoms with Gasteiger partial charge in [-0.15, -0.1) is 0 Å². The number of carbonyl (C=O) groups excluding carboxylic acids is 1. The van der Waals surface area contributed by atoms with Gasteiger partial charge in [0.1, 0.15) is 0 Å². The van der Waals surface area contributed by atoms with Gasteiger partial charge in [-0.2, -0.15) is 0 Å². The number of hydrogen-bond acceptors (Lipinski definition) is 3. The Morgan fingerprint density at radius 1 is 0.844 bits per heavy atom. The second-order valence-electron chi connectivity index (χ2n) is 7.85. The van der Waals surface area contributed by atoms with Crippen LogP contribution in [0.15, 0.2) is 64.5 Å². The zero-order valence-electron chi connectivity index (χ0n) is 18.2. The molecule has 1 aliphatic heterocycles. The van der Waals surface area contributed by atoms with Gasteiger partial charge in [-0.3, -0.25) is 9.69 Å². The first-order valence-electron chi connectivity index (χ1n) is 10.1. The SMILES string of the molecule is Cc1ccc(N=C2S/C(=C\c3ccc(Cl)cc3Cl)C(=O)N2c2ccc(C)c(C)c2)cc1C. The molecular formula is C26H22Cl2N2OS. The van der Waals surface area contributed by atoms with E-state index in [4.69, 9.17) is 28.2 Å². The Labute approximate surface area is 202 Å². The average Bonchev–Trinajstić information content (AvgIpc) is 3.04. The fourth-order valence-corrected chi connectivity index (χ4v) is 4.76. The molecule has 0 N–H and O–H groups in total. The molecule has 0 radical (unpaired) electrons. The van der Waals surface area contributed by atoms with E-state index in [0.29, 0.717) is 20.1 Å². The van der Waals surface area contributed by atoms with Crippen LogP contribution in [-0.4, -0.2) is 11.1 Å². The van der Waals surface area contributed by atoms with Crippen molar-refractivity contribution in [3.05, 3.63) is 97.4 Å². The van der Waals surface area contributed by atoms with E-state index in [0.717, 1.165) is 28.1 Å². The van der Waals surface area contributed by atoms with Crippen molar-refractivity contribution in [1.29, 1.82) is 0 Å². The molecule has 0 unspecified atom stereocenters. The maximum Gasteiger partial charge on any atom is 0.271 e. The van der Waals surface area contributed by atoms with Gasteiger partial charge in [0, 0.05) is 10.0 Å². The molecule has 0 aromatic heterocycles. The van der Waals surface area contributed by atoms with Crippen LogP contribution in [-0.2, 0) is 4.79 Å². The number of nitrogens with zero attached hydrogens (tertiary/aromatic N) is 2. The van der Waals surface area contributed by atoms with Crippen molar-refractivity contribution in [3.63, 3.8) is 0 Å². The van der Waals surface area contributed by atoms with Crippen LogP contribution >= 0.6 is 35.0 Å². The van der Waals surface area contributed by atoms with Gasteiger partial charge in [-0.05, 0) is 110 Å². The molecule has 3 aromatic carbocycles. The number of halogens is 2. The van der Waals surface area contributed by atoms with Gasteiger partial charge in [0.05, 0.1) is 16.3 Å². The van der Waals surface area contributed by atoms with Crippen molar-refractivity contribution in [2.24, 2.45) is 4.99 Å². The van der Waals surface area contributed by atoms with Gasteiger partial charge < -0.3 is 0 Å². The number of thioether (sulfide) groups is 1. The molecule has 0 spiro atoms. The average molecular weight is 481 g/mol. The van der Waals surface area contributed by atoms with Crippen LogP contribution in [0.5, 0.6) is 0 Å². The van der Waals surface area contributed by atoms with Crippen LogP contribution in [0.25, 0.3) is 6.08 Å². The third-order valence-corrected chi connectivity index (χ3v) is 7.05. The molecule has 1 fully saturated rings. The van der Waals surface area contributed by atoms with Crippen molar-refractivity contribution in [2.45, 2.75) is 27.7 Å². The molecule has 1 aliphatic rings. The zero-order valence-corrected chi connectivity index (χ0v) is 20.6. The number of amidine groups is 1. The van der Waals surface area contributed by atoms with Crippen molar-refractivity contribution in [2.75, 3.05) is 4.90 Å². The van der Waals surface area contributed by atoms with Crippen LogP contribution < -0.4 is 4.90 Å². The van der Waals surface area contributed by atoms with E-state index in [9.17, 15) is 4.79 Å². The first kappa shape index (κ1) is 22.7. The molecule has 32 heavy (non-hydrogen) atoms. The lowest BCUT2D eigenvalue weighted by Gasteiger charge is -2.17. The summed E-state index contributed by atoms with van der Waals surface area (Å²) in [6, 6.07) is 17.3. The predicted molar refractivity (Wildman–Crippen MR) is 138 cm³/mol. The fraction of sp³-hybridized carbons (Fsp3) is 0.154. The zero-order chi connectivity index (χ0) is 23.0. The molecule has 0 bridgehead atoms. The lowest BCUT2D eigenvalue weighted by molar-refractivity contribution is -0.113. The highest BCUT2D eigenvalue weighted by molar-refractivity contribution is 8.19. The molecule has 0 atom stereocenters. The topological polar surface area (TPSA) is 32.7 Å². The maximum absolute atomic E-state index is 13.5. The summed E-state index contributed by atoms with van der Waals surface area (Å²) < 4.78 is 0. The van der Waals surface area contributed by atoms with Crippen molar-refractivity contribution >= 4 is 63.5 Å². The van der Waals surface area contributed by atoms with Crippen LogP contribution in [0.1, 0.15) is 27.8 Å². The number of anilines is 1. The molecule has 0 saturated carbocycles. The molecule has 4 rings (SSSR count). The highest BCUT2D eigenvalue weighted by Crippen LogP contribution is 2.39. The molecule has 1 saturated heterocycles. The molecule has 0 aliphatic carbocycles. The number of rotatable bonds is 3. The molecule has 3 nitrogen and oxygen atoms in total. The van der Waals surface area contributed by atoms with Crippen molar-refractivity contribution < 1.29 is 4.79 Å². The monoisotopic (exact) mass is 480 g/mol. The Kier molecular flexibility index (Phi) is 6.47. The summed E-state index contributed by atoms with van der Waals surface area (Å²) >= 11 is 13.7. The normalized spacial score (nSPS) is 16.4. The first-order chi connectivity index (χ1) is 15.2. The number of hydrogen-bond donors (Lipinski definition) is 0. The lowest BCUT2D eigenvalue weighted by Crippen LogP contribution is -2.28. The maximum atomic E-state index is 13.5. The Hall–Kier alpha value is -2.53. The Morgan fingerprint density at radius 3 is 2.19 bits per heavy atom. The largest absolute Gasteiger partial charge is 0.271 e. The third kappa shape index (κ3) is 4.63. The van der Waals surface area contributed by atoms with E-state index in [2.05, 4.69) is 20.8 Å². The highest BCUT2D eigenvalue weighted by atomic mass is 35.5.